The number of amidine groups is 1. The summed E-state index contributed by atoms with van der Waals surface area (Å²) in [6.45, 7) is 7.42. The number of hydrogen-bond donors (Lipinski definition) is 2. The molecule has 1 aromatic carbocycles. The first-order valence-corrected chi connectivity index (χ1v) is 8.72. The van der Waals surface area contributed by atoms with Gasteiger partial charge in [-0.2, -0.15) is 0 Å². The summed E-state index contributed by atoms with van der Waals surface area (Å²) >= 11 is 4.98. The van der Waals surface area contributed by atoms with Crippen molar-refractivity contribution in [1.82, 2.24) is 10.2 Å². The zero-order chi connectivity index (χ0) is 17.7. The highest BCUT2D eigenvalue weighted by Crippen LogP contribution is 2.23. The Morgan fingerprint density at radius 3 is 2.62 bits per heavy atom. The Balaban J connectivity index is 1.83. The summed E-state index contributed by atoms with van der Waals surface area (Å²) in [4.78, 5) is 17.8. The lowest BCUT2D eigenvalue weighted by molar-refractivity contribution is 0.175. The minimum atomic E-state index is -0.185. The quantitative estimate of drug-likeness (QED) is 0.491. The van der Waals surface area contributed by atoms with Crippen LogP contribution in [0.5, 0.6) is 0 Å². The first-order chi connectivity index (χ1) is 11.3. The van der Waals surface area contributed by atoms with Crippen molar-refractivity contribution in [3.05, 3.63) is 34.9 Å². The van der Waals surface area contributed by atoms with Crippen LogP contribution in [0.4, 0.5) is 4.79 Å². The summed E-state index contributed by atoms with van der Waals surface area (Å²) in [5, 5.41) is 2.73. The van der Waals surface area contributed by atoms with Crippen molar-refractivity contribution in [2.45, 2.75) is 40.0 Å². The largest absolute Gasteiger partial charge is 0.387 e. The van der Waals surface area contributed by atoms with Gasteiger partial charge in [0.2, 0.25) is 5.11 Å². The van der Waals surface area contributed by atoms with Gasteiger partial charge in [-0.15, -0.1) is 0 Å². The molecule has 130 valence electrons. The maximum absolute atomic E-state index is 12.2. The summed E-state index contributed by atoms with van der Waals surface area (Å²) in [6.07, 6.45) is 3.09. The Morgan fingerprint density at radius 1 is 1.38 bits per heavy atom. The van der Waals surface area contributed by atoms with Crippen molar-refractivity contribution >= 4 is 29.2 Å². The number of amides is 2. The first-order valence-electron chi connectivity index (χ1n) is 8.32. The summed E-state index contributed by atoms with van der Waals surface area (Å²) in [7, 11) is 0. The van der Waals surface area contributed by atoms with Crippen molar-refractivity contribution < 1.29 is 4.79 Å². The predicted octanol–water partition coefficient (Wildman–Crippen LogP) is 2.93. The molecule has 1 aliphatic heterocycles. The molecule has 0 unspecified atom stereocenters. The fraction of sp³-hybridized carbons (Fsp3) is 0.500. The van der Waals surface area contributed by atoms with Crippen molar-refractivity contribution in [3.63, 3.8) is 0 Å². The van der Waals surface area contributed by atoms with E-state index in [1.54, 1.807) is 11.8 Å². The molecule has 0 aromatic heterocycles. The number of thiocarbonyl (C=S) groups is 1. The van der Waals surface area contributed by atoms with Gasteiger partial charge in [0, 0.05) is 13.1 Å². The van der Waals surface area contributed by atoms with Crippen molar-refractivity contribution in [1.29, 1.82) is 0 Å². The third kappa shape index (κ3) is 5.30. The van der Waals surface area contributed by atoms with E-state index in [2.05, 4.69) is 42.4 Å². The molecule has 1 aromatic rings. The molecule has 2 amide bonds. The highest BCUT2D eigenvalue weighted by Gasteiger charge is 2.23. The van der Waals surface area contributed by atoms with Gasteiger partial charge < -0.3 is 10.6 Å². The van der Waals surface area contributed by atoms with E-state index in [4.69, 9.17) is 18.0 Å². The van der Waals surface area contributed by atoms with E-state index in [-0.39, 0.29) is 11.1 Å². The Bertz CT molecular complexity index is 644. The zero-order valence-electron chi connectivity index (χ0n) is 14.6. The van der Waals surface area contributed by atoms with Crippen LogP contribution >= 0.6 is 12.2 Å². The summed E-state index contributed by atoms with van der Waals surface area (Å²) in [5.41, 5.74) is 9.53. The fourth-order valence-electron chi connectivity index (χ4n) is 3.08. The van der Waals surface area contributed by atoms with Crippen LogP contribution < -0.4 is 11.1 Å². The highest BCUT2D eigenvalue weighted by atomic mass is 32.1. The van der Waals surface area contributed by atoms with Crippen molar-refractivity contribution in [2.24, 2.45) is 16.6 Å². The number of aryl methyl sites for hydroxylation is 2. The molecule has 0 radical (unpaired) electrons. The second kappa shape index (κ2) is 8.24. The second-order valence-electron chi connectivity index (χ2n) is 6.55. The van der Waals surface area contributed by atoms with Crippen LogP contribution in [-0.2, 0) is 6.42 Å². The molecule has 5 nitrogen and oxygen atoms in total. The van der Waals surface area contributed by atoms with Gasteiger partial charge in [0.15, 0.2) is 0 Å². The van der Waals surface area contributed by atoms with Crippen LogP contribution in [0.2, 0.25) is 0 Å². The molecule has 1 heterocycles. The van der Waals surface area contributed by atoms with E-state index in [1.165, 1.54) is 16.7 Å². The smallest absolute Gasteiger partial charge is 0.323 e. The Kier molecular flexibility index (Phi) is 6.31. The molecular formula is C18H26N4OS. The number of carbonyl (C=O) groups is 1. The number of nitrogens with zero attached hydrogens (tertiary/aromatic N) is 2. The monoisotopic (exact) mass is 346 g/mol. The van der Waals surface area contributed by atoms with Crippen LogP contribution in [0.1, 0.15) is 36.5 Å². The molecule has 1 saturated heterocycles. The fourth-order valence-corrected chi connectivity index (χ4v) is 3.32. The van der Waals surface area contributed by atoms with Crippen LogP contribution in [0.15, 0.2) is 23.2 Å². The van der Waals surface area contributed by atoms with Crippen LogP contribution in [0.25, 0.3) is 0 Å². The molecule has 0 bridgehead atoms. The molecule has 0 saturated carbocycles. The van der Waals surface area contributed by atoms with Crippen LogP contribution in [-0.4, -0.2) is 35.0 Å². The lowest BCUT2D eigenvalue weighted by Crippen LogP contribution is -2.46. The Labute approximate surface area is 149 Å². The molecule has 3 N–H and O–H groups in total. The van der Waals surface area contributed by atoms with Gasteiger partial charge in [0.1, 0.15) is 0 Å². The molecule has 0 aliphatic carbocycles. The number of nitrogens with two attached hydrogens (primary N) is 1. The number of carbonyl (C=O) groups excluding carboxylic acids is 1. The molecule has 2 rings (SSSR count). The van der Waals surface area contributed by atoms with E-state index >= 15 is 0 Å². The average Bonchev–Trinajstić information content (AvgIpc) is 2.50. The minimum absolute atomic E-state index is 0.123. The van der Waals surface area contributed by atoms with Gasteiger partial charge in [0.05, 0.1) is 5.84 Å². The number of rotatable bonds is 2. The van der Waals surface area contributed by atoms with E-state index in [0.717, 1.165) is 32.4 Å². The summed E-state index contributed by atoms with van der Waals surface area (Å²) in [5.74, 6) is 0.958. The number of aliphatic imine (C=N–C) groups is 1. The number of nitrogens with one attached hydrogen (secondary N) is 1. The first kappa shape index (κ1) is 18.4. The van der Waals surface area contributed by atoms with Crippen LogP contribution in [0.3, 0.4) is 0 Å². The number of likely N-dealkylation sites (tertiary alicyclic amines) is 1. The minimum Gasteiger partial charge on any atom is -0.387 e. The van der Waals surface area contributed by atoms with Gasteiger partial charge in [0.25, 0.3) is 0 Å². The number of piperidine rings is 1. The maximum Gasteiger partial charge on any atom is 0.323 e. The molecule has 1 aliphatic rings. The van der Waals surface area contributed by atoms with E-state index in [0.29, 0.717) is 11.8 Å². The lowest BCUT2D eigenvalue weighted by atomic mass is 9.88. The van der Waals surface area contributed by atoms with Gasteiger partial charge in [-0.05, 0) is 69.3 Å². The Morgan fingerprint density at radius 2 is 2.04 bits per heavy atom. The number of benzene rings is 1. The van der Waals surface area contributed by atoms with Gasteiger partial charge >= 0.3 is 6.03 Å². The molecule has 0 spiro atoms. The zero-order valence-corrected chi connectivity index (χ0v) is 15.4. The number of hydrogen-bond acceptors (Lipinski definition) is 2. The van der Waals surface area contributed by atoms with Crippen molar-refractivity contribution in [2.75, 3.05) is 13.1 Å². The highest BCUT2D eigenvalue weighted by molar-refractivity contribution is 7.80. The van der Waals surface area contributed by atoms with Gasteiger partial charge in [-0.1, -0.05) is 23.8 Å². The molecule has 24 heavy (non-hydrogen) atoms. The van der Waals surface area contributed by atoms with Gasteiger partial charge in [-0.3, -0.25) is 5.32 Å². The Hall–Kier alpha value is -1.95. The number of urea groups is 1. The predicted molar refractivity (Wildman–Crippen MR) is 102 cm³/mol. The van der Waals surface area contributed by atoms with Gasteiger partial charge in [-0.25, -0.2) is 9.79 Å². The van der Waals surface area contributed by atoms with E-state index in [9.17, 15) is 4.79 Å². The molecule has 6 heteroatoms. The van der Waals surface area contributed by atoms with Crippen molar-refractivity contribution in [3.8, 4) is 0 Å². The van der Waals surface area contributed by atoms with E-state index in [1.807, 2.05) is 0 Å². The lowest BCUT2D eigenvalue weighted by Gasteiger charge is -2.32. The SMILES string of the molecule is C/C(N)=N/C(=S)NC(=O)N1CCC(Cc2ccc(C)cc2C)CC1. The molecule has 0 atom stereocenters. The molecular weight excluding hydrogens is 320 g/mol. The third-order valence-corrected chi connectivity index (χ3v) is 4.59. The van der Waals surface area contributed by atoms with E-state index < -0.39 is 0 Å². The molecule has 1 fully saturated rings. The topological polar surface area (TPSA) is 70.7 Å². The standard InChI is InChI=1S/C18H26N4OS/c1-12-4-5-16(13(2)10-12)11-15-6-8-22(9-7-15)18(23)21-17(24)20-14(3)19/h4-5,10,15H,6-9,11H2,1-3H3,(H3,19,20,21,23,24). The maximum atomic E-state index is 12.2. The third-order valence-electron chi connectivity index (χ3n) is 4.40. The summed E-state index contributed by atoms with van der Waals surface area (Å²) in [6, 6.07) is 6.45. The summed E-state index contributed by atoms with van der Waals surface area (Å²) < 4.78 is 0. The van der Waals surface area contributed by atoms with Crippen LogP contribution in [0, 0.1) is 19.8 Å². The normalized spacial score (nSPS) is 16.1. The average molecular weight is 347 g/mol. The second-order valence-corrected chi connectivity index (χ2v) is 6.94.